The van der Waals surface area contributed by atoms with E-state index in [0.717, 1.165) is 6.07 Å². The predicted octanol–water partition coefficient (Wildman–Crippen LogP) is 2.75. The van der Waals surface area contributed by atoms with Crippen LogP contribution in [0.25, 0.3) is 0 Å². The summed E-state index contributed by atoms with van der Waals surface area (Å²) in [6, 6.07) is 9.16. The molecular formula is C14H13F2NO2S. The van der Waals surface area contributed by atoms with Crippen molar-refractivity contribution < 1.29 is 17.2 Å². The normalized spacial score (nSPS) is 11.6. The molecule has 0 spiro atoms. The van der Waals surface area contributed by atoms with Crippen LogP contribution in [0.4, 0.5) is 8.78 Å². The average molecular weight is 297 g/mol. The molecule has 2 aromatic carbocycles. The van der Waals surface area contributed by atoms with Crippen LogP contribution < -0.4 is 4.72 Å². The third-order valence-corrected chi connectivity index (χ3v) is 4.34. The summed E-state index contributed by atoms with van der Waals surface area (Å²) in [5.74, 6) is -1.06. The van der Waals surface area contributed by atoms with E-state index in [1.807, 2.05) is 0 Å². The molecule has 3 nitrogen and oxygen atoms in total. The summed E-state index contributed by atoms with van der Waals surface area (Å²) in [6.45, 7) is 1.52. The van der Waals surface area contributed by atoms with Crippen LogP contribution in [0, 0.1) is 18.6 Å². The Hall–Kier alpha value is -1.79. The highest BCUT2D eigenvalue weighted by molar-refractivity contribution is 7.89. The van der Waals surface area contributed by atoms with Crippen molar-refractivity contribution in [1.29, 1.82) is 0 Å². The van der Waals surface area contributed by atoms with E-state index in [0.29, 0.717) is 11.1 Å². The molecule has 106 valence electrons. The first-order chi connectivity index (χ1) is 9.38. The van der Waals surface area contributed by atoms with Gasteiger partial charge in [0.05, 0.1) is 4.90 Å². The monoisotopic (exact) mass is 297 g/mol. The number of nitrogens with one attached hydrogen (secondary N) is 1. The fourth-order valence-corrected chi connectivity index (χ4v) is 3.04. The Labute approximate surface area is 116 Å². The van der Waals surface area contributed by atoms with Gasteiger partial charge in [-0.2, -0.15) is 0 Å². The van der Waals surface area contributed by atoms with Crippen LogP contribution in [0.5, 0.6) is 0 Å². The Morgan fingerprint density at radius 1 is 1.05 bits per heavy atom. The van der Waals surface area contributed by atoms with Crippen LogP contribution >= 0.6 is 0 Å². The molecule has 0 fully saturated rings. The first-order valence-electron chi connectivity index (χ1n) is 5.89. The van der Waals surface area contributed by atoms with Gasteiger partial charge in [0.1, 0.15) is 11.6 Å². The quantitative estimate of drug-likeness (QED) is 0.943. The van der Waals surface area contributed by atoms with E-state index in [4.69, 9.17) is 0 Å². The fraction of sp³-hybridized carbons (Fsp3) is 0.143. The molecule has 0 radical (unpaired) electrons. The smallest absolute Gasteiger partial charge is 0.207 e. The topological polar surface area (TPSA) is 46.2 Å². The van der Waals surface area contributed by atoms with E-state index in [1.165, 1.54) is 30.3 Å². The van der Waals surface area contributed by atoms with Crippen LogP contribution in [0.1, 0.15) is 11.1 Å². The van der Waals surface area contributed by atoms with E-state index in [1.54, 1.807) is 13.0 Å². The summed E-state index contributed by atoms with van der Waals surface area (Å²) in [5.41, 5.74) is 0.931. The SMILES string of the molecule is Cc1ccc(F)cc1S(=O)(=O)NCc1cccc(F)c1. The second-order valence-electron chi connectivity index (χ2n) is 4.36. The molecule has 0 amide bonds. The highest BCUT2D eigenvalue weighted by atomic mass is 32.2. The molecule has 2 rings (SSSR count). The number of hydrogen-bond acceptors (Lipinski definition) is 2. The molecule has 0 atom stereocenters. The Balaban J connectivity index is 2.21. The lowest BCUT2D eigenvalue weighted by atomic mass is 10.2. The van der Waals surface area contributed by atoms with Gasteiger partial charge in [0, 0.05) is 6.54 Å². The highest BCUT2D eigenvalue weighted by Gasteiger charge is 2.17. The summed E-state index contributed by atoms with van der Waals surface area (Å²) in [7, 11) is -3.84. The lowest BCUT2D eigenvalue weighted by molar-refractivity contribution is 0.575. The van der Waals surface area contributed by atoms with Gasteiger partial charge in [0.15, 0.2) is 0 Å². The minimum Gasteiger partial charge on any atom is -0.207 e. The van der Waals surface area contributed by atoms with Crippen molar-refractivity contribution in [3.8, 4) is 0 Å². The molecule has 0 aromatic heterocycles. The predicted molar refractivity (Wildman–Crippen MR) is 71.6 cm³/mol. The fourth-order valence-electron chi connectivity index (χ4n) is 1.77. The van der Waals surface area contributed by atoms with Gasteiger partial charge in [-0.15, -0.1) is 0 Å². The van der Waals surface area contributed by atoms with Crippen molar-refractivity contribution in [2.75, 3.05) is 0 Å². The van der Waals surface area contributed by atoms with Crippen molar-refractivity contribution in [2.24, 2.45) is 0 Å². The molecule has 0 aliphatic carbocycles. The molecule has 0 aliphatic rings. The van der Waals surface area contributed by atoms with Gasteiger partial charge in [-0.1, -0.05) is 18.2 Å². The largest absolute Gasteiger partial charge is 0.241 e. The standard InChI is InChI=1S/C14H13F2NO2S/c1-10-5-6-13(16)8-14(10)20(18,19)17-9-11-3-2-4-12(15)7-11/h2-8,17H,9H2,1H3. The zero-order chi connectivity index (χ0) is 14.8. The Bertz CT molecular complexity index is 730. The first-order valence-corrected chi connectivity index (χ1v) is 7.37. The zero-order valence-electron chi connectivity index (χ0n) is 10.7. The summed E-state index contributed by atoms with van der Waals surface area (Å²) in [4.78, 5) is -0.117. The molecule has 0 heterocycles. The zero-order valence-corrected chi connectivity index (χ0v) is 11.5. The first kappa shape index (κ1) is 14.6. The van der Waals surface area contributed by atoms with Gasteiger partial charge >= 0.3 is 0 Å². The maximum Gasteiger partial charge on any atom is 0.241 e. The van der Waals surface area contributed by atoms with Crippen LogP contribution in [-0.4, -0.2) is 8.42 Å². The molecule has 2 aromatic rings. The number of sulfonamides is 1. The molecule has 0 unspecified atom stereocenters. The van der Waals surface area contributed by atoms with Crippen molar-refractivity contribution in [3.63, 3.8) is 0 Å². The maximum absolute atomic E-state index is 13.2. The van der Waals surface area contributed by atoms with Gasteiger partial charge in [-0.3, -0.25) is 0 Å². The molecule has 20 heavy (non-hydrogen) atoms. The second-order valence-corrected chi connectivity index (χ2v) is 6.10. The maximum atomic E-state index is 13.2. The van der Waals surface area contributed by atoms with Gasteiger partial charge in [-0.05, 0) is 42.3 Å². The third-order valence-electron chi connectivity index (χ3n) is 2.80. The van der Waals surface area contributed by atoms with Crippen molar-refractivity contribution >= 4 is 10.0 Å². The van der Waals surface area contributed by atoms with E-state index in [2.05, 4.69) is 4.72 Å². The Kier molecular flexibility index (Phi) is 4.15. The lowest BCUT2D eigenvalue weighted by Gasteiger charge is -2.09. The second kappa shape index (κ2) is 5.68. The van der Waals surface area contributed by atoms with E-state index >= 15 is 0 Å². The van der Waals surface area contributed by atoms with E-state index in [9.17, 15) is 17.2 Å². The van der Waals surface area contributed by atoms with Crippen molar-refractivity contribution in [1.82, 2.24) is 4.72 Å². The van der Waals surface area contributed by atoms with E-state index < -0.39 is 21.7 Å². The number of aryl methyl sites for hydroxylation is 1. The summed E-state index contributed by atoms with van der Waals surface area (Å²) in [6.07, 6.45) is 0. The molecule has 0 aliphatic heterocycles. The molecule has 1 N–H and O–H groups in total. The summed E-state index contributed by atoms with van der Waals surface area (Å²) in [5, 5.41) is 0. The lowest BCUT2D eigenvalue weighted by Crippen LogP contribution is -2.24. The van der Waals surface area contributed by atoms with Crippen molar-refractivity contribution in [2.45, 2.75) is 18.4 Å². The molecule has 0 saturated carbocycles. The van der Waals surface area contributed by atoms with Gasteiger partial charge < -0.3 is 0 Å². The van der Waals surface area contributed by atoms with Crippen LogP contribution in [-0.2, 0) is 16.6 Å². The third kappa shape index (κ3) is 3.40. The molecule has 0 saturated heterocycles. The van der Waals surface area contributed by atoms with Gasteiger partial charge in [-0.25, -0.2) is 21.9 Å². The minimum atomic E-state index is -3.84. The van der Waals surface area contributed by atoms with Crippen LogP contribution in [0.15, 0.2) is 47.4 Å². The summed E-state index contributed by atoms with van der Waals surface area (Å²) >= 11 is 0. The number of rotatable bonds is 4. The Morgan fingerprint density at radius 3 is 2.45 bits per heavy atom. The van der Waals surface area contributed by atoms with Crippen LogP contribution in [0.2, 0.25) is 0 Å². The number of benzene rings is 2. The highest BCUT2D eigenvalue weighted by Crippen LogP contribution is 2.16. The number of hydrogen-bond donors (Lipinski definition) is 1. The average Bonchev–Trinajstić information content (AvgIpc) is 2.39. The van der Waals surface area contributed by atoms with Crippen LogP contribution in [0.3, 0.4) is 0 Å². The van der Waals surface area contributed by atoms with Gasteiger partial charge in [0.2, 0.25) is 10.0 Å². The number of halogens is 2. The van der Waals surface area contributed by atoms with E-state index in [-0.39, 0.29) is 11.4 Å². The van der Waals surface area contributed by atoms with Crippen molar-refractivity contribution in [3.05, 3.63) is 65.2 Å². The summed E-state index contributed by atoms with van der Waals surface area (Å²) < 4.78 is 52.7. The Morgan fingerprint density at radius 2 is 1.75 bits per heavy atom. The molecular weight excluding hydrogens is 284 g/mol. The molecule has 0 bridgehead atoms. The minimum absolute atomic E-state index is 0.0595. The van der Waals surface area contributed by atoms with Gasteiger partial charge in [0.25, 0.3) is 0 Å². The molecule has 6 heteroatoms.